The fourth-order valence-corrected chi connectivity index (χ4v) is 2.44. The summed E-state index contributed by atoms with van der Waals surface area (Å²) < 4.78 is 18.2. The number of esters is 1. The second-order valence-corrected chi connectivity index (χ2v) is 6.43. The van der Waals surface area contributed by atoms with Crippen LogP contribution in [0.15, 0.2) is 18.2 Å². The summed E-state index contributed by atoms with van der Waals surface area (Å²) in [6, 6.07) is 1.86. The molecule has 0 spiro atoms. The number of hydrogen-bond acceptors (Lipinski definition) is 5. The molecule has 1 rings (SSSR count). The number of carbonyl (C=O) groups is 3. The van der Waals surface area contributed by atoms with E-state index in [1.165, 1.54) is 30.8 Å². The summed E-state index contributed by atoms with van der Waals surface area (Å²) in [6.07, 6.45) is 1.02. The Labute approximate surface area is 153 Å². The van der Waals surface area contributed by atoms with E-state index < -0.39 is 35.9 Å². The van der Waals surface area contributed by atoms with E-state index in [0.29, 0.717) is 12.2 Å². The number of amides is 3. The third kappa shape index (κ3) is 7.18. The number of nitrogens with one attached hydrogen (secondary N) is 2. The van der Waals surface area contributed by atoms with Gasteiger partial charge in [0.1, 0.15) is 11.9 Å². The zero-order valence-corrected chi connectivity index (χ0v) is 15.2. The molecule has 0 aliphatic heterocycles. The van der Waals surface area contributed by atoms with Gasteiger partial charge in [-0.25, -0.2) is 14.0 Å². The van der Waals surface area contributed by atoms with Crippen LogP contribution in [0.1, 0.15) is 13.3 Å². The van der Waals surface area contributed by atoms with Crippen molar-refractivity contribution < 1.29 is 23.5 Å². The lowest BCUT2D eigenvalue weighted by molar-refractivity contribution is -0.155. The molecule has 1 aromatic rings. The lowest BCUT2D eigenvalue weighted by atomic mass is 10.2. The highest BCUT2D eigenvalue weighted by Crippen LogP contribution is 2.19. The number of benzene rings is 1. The molecule has 138 valence electrons. The molecule has 0 unspecified atom stereocenters. The van der Waals surface area contributed by atoms with Crippen molar-refractivity contribution in [3.8, 4) is 0 Å². The number of halogens is 2. The number of hydrogen-bond donors (Lipinski definition) is 3. The Kier molecular flexibility index (Phi) is 8.50. The van der Waals surface area contributed by atoms with Crippen molar-refractivity contribution in [1.82, 2.24) is 5.32 Å². The van der Waals surface area contributed by atoms with Crippen LogP contribution >= 0.6 is 23.4 Å². The summed E-state index contributed by atoms with van der Waals surface area (Å²) in [6.45, 7) is 1.37. The summed E-state index contributed by atoms with van der Waals surface area (Å²) >= 11 is 7.12. The minimum Gasteiger partial charge on any atom is -0.451 e. The van der Waals surface area contributed by atoms with Crippen LogP contribution in [0.5, 0.6) is 0 Å². The summed E-state index contributed by atoms with van der Waals surface area (Å²) in [5.41, 5.74) is 5.29. The maximum atomic E-state index is 13.1. The summed E-state index contributed by atoms with van der Waals surface area (Å²) in [5.74, 6) is -1.42. The molecule has 0 bridgehead atoms. The first-order valence-electron chi connectivity index (χ1n) is 7.26. The number of nitrogens with two attached hydrogens (primary N) is 1. The summed E-state index contributed by atoms with van der Waals surface area (Å²) in [4.78, 5) is 35.1. The number of thioether (sulfide) groups is 1. The zero-order valence-electron chi connectivity index (χ0n) is 13.7. The maximum Gasteiger partial charge on any atom is 0.329 e. The van der Waals surface area contributed by atoms with Crippen LogP contribution in [0.2, 0.25) is 5.02 Å². The first-order chi connectivity index (χ1) is 11.7. The van der Waals surface area contributed by atoms with Crippen molar-refractivity contribution in [3.05, 3.63) is 29.0 Å². The minimum absolute atomic E-state index is 0.148. The third-order valence-electron chi connectivity index (χ3n) is 3.06. The van der Waals surface area contributed by atoms with E-state index in [1.54, 1.807) is 0 Å². The lowest BCUT2D eigenvalue weighted by Gasteiger charge is -2.19. The molecule has 0 radical (unpaired) electrons. The molecular formula is C15H19ClFN3O4S. The summed E-state index contributed by atoms with van der Waals surface area (Å²) in [5, 5.41) is 4.59. The Hall–Kier alpha value is -2.00. The second kappa shape index (κ2) is 10.1. The molecule has 0 aliphatic carbocycles. The van der Waals surface area contributed by atoms with Gasteiger partial charge < -0.3 is 21.1 Å². The van der Waals surface area contributed by atoms with E-state index >= 15 is 0 Å². The lowest BCUT2D eigenvalue weighted by Crippen LogP contribution is -2.46. The van der Waals surface area contributed by atoms with Crippen LogP contribution in [0, 0.1) is 5.82 Å². The minimum atomic E-state index is -1.14. The third-order valence-corrected chi connectivity index (χ3v) is 3.99. The van der Waals surface area contributed by atoms with E-state index in [1.807, 2.05) is 6.26 Å². The van der Waals surface area contributed by atoms with Crippen molar-refractivity contribution in [2.24, 2.45) is 5.73 Å². The molecular weight excluding hydrogens is 373 g/mol. The molecule has 0 aromatic heterocycles. The second-order valence-electron chi connectivity index (χ2n) is 5.04. The Morgan fingerprint density at radius 2 is 2.08 bits per heavy atom. The molecule has 3 amide bonds. The number of anilines is 1. The van der Waals surface area contributed by atoms with Gasteiger partial charge in [0.25, 0.3) is 5.91 Å². The van der Waals surface area contributed by atoms with Crippen LogP contribution in [-0.4, -0.2) is 42.1 Å². The zero-order chi connectivity index (χ0) is 19.0. The number of rotatable bonds is 8. The van der Waals surface area contributed by atoms with Gasteiger partial charge in [0.2, 0.25) is 0 Å². The SMILES string of the molecule is CSCC[C@@H](NC(N)=O)C(=O)O[C@H](C)C(=O)Nc1ccc(F)c(Cl)c1. The monoisotopic (exact) mass is 391 g/mol. The van der Waals surface area contributed by atoms with Gasteiger partial charge in [-0.2, -0.15) is 11.8 Å². The van der Waals surface area contributed by atoms with E-state index in [-0.39, 0.29) is 10.7 Å². The van der Waals surface area contributed by atoms with Gasteiger partial charge in [0, 0.05) is 5.69 Å². The first-order valence-corrected chi connectivity index (χ1v) is 9.03. The highest BCUT2D eigenvalue weighted by molar-refractivity contribution is 7.98. The Morgan fingerprint density at radius 1 is 1.40 bits per heavy atom. The number of primary amides is 1. The van der Waals surface area contributed by atoms with E-state index in [9.17, 15) is 18.8 Å². The number of urea groups is 1. The van der Waals surface area contributed by atoms with Crippen molar-refractivity contribution in [3.63, 3.8) is 0 Å². The average Bonchev–Trinajstić information content (AvgIpc) is 2.54. The van der Waals surface area contributed by atoms with E-state index in [0.717, 1.165) is 6.07 Å². The van der Waals surface area contributed by atoms with Crippen LogP contribution in [0.25, 0.3) is 0 Å². The van der Waals surface area contributed by atoms with Gasteiger partial charge in [-0.15, -0.1) is 0 Å². The molecule has 0 saturated heterocycles. The predicted molar refractivity (Wildman–Crippen MR) is 95.1 cm³/mol. The van der Waals surface area contributed by atoms with Gasteiger partial charge in [0.15, 0.2) is 6.10 Å². The molecule has 7 nitrogen and oxygen atoms in total. The molecule has 0 fully saturated rings. The smallest absolute Gasteiger partial charge is 0.329 e. The Morgan fingerprint density at radius 3 is 2.64 bits per heavy atom. The van der Waals surface area contributed by atoms with Crippen LogP contribution < -0.4 is 16.4 Å². The molecule has 2 atom stereocenters. The highest BCUT2D eigenvalue weighted by atomic mass is 35.5. The van der Waals surface area contributed by atoms with Gasteiger partial charge in [-0.05, 0) is 43.6 Å². The first kappa shape index (κ1) is 21.0. The van der Waals surface area contributed by atoms with E-state index in [4.69, 9.17) is 22.1 Å². The molecule has 4 N–H and O–H groups in total. The fraction of sp³-hybridized carbons (Fsp3) is 0.400. The molecule has 10 heteroatoms. The van der Waals surface area contributed by atoms with Crippen molar-refractivity contribution in [2.45, 2.75) is 25.5 Å². The number of carbonyl (C=O) groups excluding carboxylic acids is 3. The largest absolute Gasteiger partial charge is 0.451 e. The van der Waals surface area contributed by atoms with Crippen molar-refractivity contribution >= 4 is 47.0 Å². The van der Waals surface area contributed by atoms with Crippen LogP contribution in [0.4, 0.5) is 14.9 Å². The normalized spacial score (nSPS) is 12.8. The highest BCUT2D eigenvalue weighted by Gasteiger charge is 2.25. The average molecular weight is 392 g/mol. The van der Waals surface area contributed by atoms with Gasteiger partial charge in [0.05, 0.1) is 5.02 Å². The van der Waals surface area contributed by atoms with Crippen molar-refractivity contribution in [2.75, 3.05) is 17.3 Å². The van der Waals surface area contributed by atoms with Crippen molar-refractivity contribution in [1.29, 1.82) is 0 Å². The predicted octanol–water partition coefficient (Wildman–Crippen LogP) is 2.14. The van der Waals surface area contributed by atoms with E-state index in [2.05, 4.69) is 10.6 Å². The Balaban J connectivity index is 2.65. The topological polar surface area (TPSA) is 111 Å². The summed E-state index contributed by atoms with van der Waals surface area (Å²) in [7, 11) is 0. The quantitative estimate of drug-likeness (QED) is 0.588. The molecule has 0 aliphatic rings. The molecule has 25 heavy (non-hydrogen) atoms. The van der Waals surface area contributed by atoms with Crippen LogP contribution in [0.3, 0.4) is 0 Å². The van der Waals surface area contributed by atoms with Gasteiger partial charge in [-0.3, -0.25) is 4.79 Å². The molecule has 0 heterocycles. The van der Waals surface area contributed by atoms with Gasteiger partial charge >= 0.3 is 12.0 Å². The number of ether oxygens (including phenoxy) is 1. The van der Waals surface area contributed by atoms with Gasteiger partial charge in [-0.1, -0.05) is 11.6 Å². The molecule has 0 saturated carbocycles. The standard InChI is InChI=1S/C15H19ClFN3O4S/c1-8(13(21)19-9-3-4-11(17)10(16)7-9)24-14(22)12(5-6-25-2)20-15(18)23/h3-4,7-8,12H,5-6H2,1-2H3,(H,19,21)(H3,18,20,23)/t8-,12-/m1/s1. The molecule has 1 aromatic carbocycles. The fourth-order valence-electron chi connectivity index (χ4n) is 1.78. The maximum absolute atomic E-state index is 13.1. The Bertz CT molecular complexity index is 647. The van der Waals surface area contributed by atoms with Crippen LogP contribution in [-0.2, 0) is 14.3 Å².